The van der Waals surface area contributed by atoms with E-state index in [1.807, 2.05) is 19.3 Å². The van der Waals surface area contributed by atoms with Crippen molar-refractivity contribution in [3.63, 3.8) is 0 Å². The average molecular weight is 316 g/mol. The lowest BCUT2D eigenvalue weighted by molar-refractivity contribution is -0.133. The first-order valence-corrected chi connectivity index (χ1v) is 9.22. The maximum absolute atomic E-state index is 12.9. The van der Waals surface area contributed by atoms with Gasteiger partial charge < -0.3 is 14.8 Å². The second kappa shape index (κ2) is 6.27. The Balaban J connectivity index is 1.36. The second-order valence-electron chi connectivity index (χ2n) is 7.69. The van der Waals surface area contributed by atoms with Crippen LogP contribution >= 0.6 is 0 Å². The van der Waals surface area contributed by atoms with Gasteiger partial charge >= 0.3 is 0 Å². The maximum Gasteiger partial charge on any atom is 0.223 e. The number of hydrogen-bond donors (Lipinski definition) is 1. The average Bonchev–Trinajstić information content (AvgIpc) is 3.22. The summed E-state index contributed by atoms with van der Waals surface area (Å²) in [5, 5.41) is 3.67. The molecule has 3 fully saturated rings. The molecule has 3 saturated heterocycles. The highest BCUT2D eigenvalue weighted by Crippen LogP contribution is 2.33. The quantitative estimate of drug-likeness (QED) is 0.925. The highest BCUT2D eigenvalue weighted by molar-refractivity contribution is 5.77. The van der Waals surface area contributed by atoms with Crippen LogP contribution in [0.3, 0.4) is 0 Å². The molecule has 2 bridgehead atoms. The first-order chi connectivity index (χ1) is 11.2. The molecule has 1 N–H and O–H groups in total. The molecule has 23 heavy (non-hydrogen) atoms. The molecule has 0 aromatic carbocycles. The molecule has 0 aliphatic carbocycles. The zero-order valence-electron chi connectivity index (χ0n) is 14.1. The molecule has 0 radical (unpaired) electrons. The third-order valence-electron chi connectivity index (χ3n) is 6.06. The van der Waals surface area contributed by atoms with Gasteiger partial charge in [-0.25, -0.2) is 4.98 Å². The van der Waals surface area contributed by atoms with Crippen LogP contribution in [0, 0.1) is 12.8 Å². The minimum Gasteiger partial charge on any atom is -0.338 e. The Morgan fingerprint density at radius 2 is 2.09 bits per heavy atom. The van der Waals surface area contributed by atoms with Gasteiger partial charge in [0.15, 0.2) is 0 Å². The molecule has 3 unspecified atom stereocenters. The number of hydrogen-bond acceptors (Lipinski definition) is 3. The van der Waals surface area contributed by atoms with Crippen LogP contribution < -0.4 is 5.32 Å². The number of imidazole rings is 1. The number of nitrogens with one attached hydrogen (secondary N) is 1. The number of piperidine rings is 1. The van der Waals surface area contributed by atoms with Crippen molar-refractivity contribution < 1.29 is 4.79 Å². The molecule has 3 aliphatic heterocycles. The highest BCUT2D eigenvalue weighted by atomic mass is 16.2. The zero-order chi connectivity index (χ0) is 15.8. The van der Waals surface area contributed by atoms with Gasteiger partial charge in [0.1, 0.15) is 5.82 Å². The Kier molecular flexibility index (Phi) is 4.14. The van der Waals surface area contributed by atoms with E-state index in [9.17, 15) is 4.79 Å². The van der Waals surface area contributed by atoms with Crippen molar-refractivity contribution in [3.8, 4) is 0 Å². The Morgan fingerprint density at radius 3 is 2.78 bits per heavy atom. The van der Waals surface area contributed by atoms with E-state index in [1.165, 1.54) is 25.7 Å². The standard InChI is InChI=1S/C18H28N4O/c1-13-19-6-8-21(13)12-17-3-2-7-22(17)18(23)11-14-9-15-4-5-16(10-14)20-15/h6,8,14-17,20H,2-5,7,9-12H2,1H3. The summed E-state index contributed by atoms with van der Waals surface area (Å²) in [6.07, 6.45) is 11.9. The van der Waals surface area contributed by atoms with Gasteiger partial charge in [0.25, 0.3) is 0 Å². The van der Waals surface area contributed by atoms with Crippen molar-refractivity contribution >= 4 is 5.91 Å². The van der Waals surface area contributed by atoms with Gasteiger partial charge in [0, 0.05) is 50.0 Å². The molecule has 0 saturated carbocycles. The van der Waals surface area contributed by atoms with E-state index >= 15 is 0 Å². The highest BCUT2D eigenvalue weighted by Gasteiger charge is 2.36. The molecule has 1 aromatic heterocycles. The van der Waals surface area contributed by atoms with Crippen molar-refractivity contribution in [1.29, 1.82) is 0 Å². The SMILES string of the molecule is Cc1nccn1CC1CCCN1C(=O)CC1CC2CCC(C1)N2. The predicted octanol–water partition coefficient (Wildman–Crippen LogP) is 2.10. The summed E-state index contributed by atoms with van der Waals surface area (Å²) in [6, 6.07) is 1.71. The number of aromatic nitrogens is 2. The number of rotatable bonds is 4. The lowest BCUT2D eigenvalue weighted by atomic mass is 9.89. The van der Waals surface area contributed by atoms with Gasteiger partial charge in [-0.3, -0.25) is 4.79 Å². The van der Waals surface area contributed by atoms with E-state index in [0.717, 1.165) is 38.2 Å². The Bertz CT molecular complexity index is 557. The molecule has 0 spiro atoms. The number of nitrogens with zero attached hydrogens (tertiary/aromatic N) is 3. The molecule has 4 heterocycles. The van der Waals surface area contributed by atoms with Crippen LogP contribution in [-0.2, 0) is 11.3 Å². The molecule has 4 rings (SSSR count). The Hall–Kier alpha value is -1.36. The second-order valence-corrected chi connectivity index (χ2v) is 7.69. The fourth-order valence-electron chi connectivity index (χ4n) is 4.88. The van der Waals surface area contributed by atoms with E-state index in [4.69, 9.17) is 0 Å². The first-order valence-electron chi connectivity index (χ1n) is 9.22. The monoisotopic (exact) mass is 316 g/mol. The van der Waals surface area contributed by atoms with Crippen molar-refractivity contribution in [1.82, 2.24) is 19.8 Å². The van der Waals surface area contributed by atoms with E-state index < -0.39 is 0 Å². The molecule has 3 aliphatic rings. The summed E-state index contributed by atoms with van der Waals surface area (Å²) in [5.41, 5.74) is 0. The molecule has 1 aromatic rings. The molecular weight excluding hydrogens is 288 g/mol. The third kappa shape index (κ3) is 3.16. The van der Waals surface area contributed by atoms with Crippen molar-refractivity contribution in [2.45, 2.75) is 76.5 Å². The zero-order valence-corrected chi connectivity index (χ0v) is 14.1. The minimum atomic E-state index is 0.355. The number of likely N-dealkylation sites (tertiary alicyclic amines) is 1. The van der Waals surface area contributed by atoms with Crippen LogP contribution in [-0.4, -0.2) is 45.0 Å². The summed E-state index contributed by atoms with van der Waals surface area (Å²) in [5.74, 6) is 2.02. The van der Waals surface area contributed by atoms with E-state index in [-0.39, 0.29) is 0 Å². The minimum absolute atomic E-state index is 0.355. The van der Waals surface area contributed by atoms with E-state index in [2.05, 4.69) is 19.8 Å². The van der Waals surface area contributed by atoms with Crippen molar-refractivity contribution in [3.05, 3.63) is 18.2 Å². The summed E-state index contributed by atoms with van der Waals surface area (Å²) < 4.78 is 2.18. The van der Waals surface area contributed by atoms with Crippen molar-refractivity contribution in [2.24, 2.45) is 5.92 Å². The number of carbonyl (C=O) groups is 1. The molecule has 1 amide bonds. The van der Waals surface area contributed by atoms with Gasteiger partial charge in [0.05, 0.1) is 0 Å². The van der Waals surface area contributed by atoms with Crippen LogP contribution in [0.5, 0.6) is 0 Å². The van der Waals surface area contributed by atoms with Crippen LogP contribution in [0.1, 0.15) is 50.8 Å². The fourth-order valence-corrected chi connectivity index (χ4v) is 4.88. The first kappa shape index (κ1) is 15.2. The number of amides is 1. The summed E-state index contributed by atoms with van der Waals surface area (Å²) in [7, 11) is 0. The van der Waals surface area contributed by atoms with Crippen LogP contribution in [0.15, 0.2) is 12.4 Å². The lowest BCUT2D eigenvalue weighted by Crippen LogP contribution is -2.42. The third-order valence-corrected chi connectivity index (χ3v) is 6.06. The number of aryl methyl sites for hydroxylation is 1. The van der Waals surface area contributed by atoms with Gasteiger partial charge in [0.2, 0.25) is 5.91 Å². The Labute approximate surface area is 138 Å². The Morgan fingerprint density at radius 1 is 1.30 bits per heavy atom. The number of carbonyl (C=O) groups excluding carboxylic acids is 1. The molecule has 3 atom stereocenters. The molecular formula is C18H28N4O. The van der Waals surface area contributed by atoms with Gasteiger partial charge in [-0.1, -0.05) is 0 Å². The molecule has 126 valence electrons. The van der Waals surface area contributed by atoms with Gasteiger partial charge in [-0.05, 0) is 51.4 Å². The van der Waals surface area contributed by atoms with E-state index in [0.29, 0.717) is 30.0 Å². The summed E-state index contributed by atoms with van der Waals surface area (Å²) >= 11 is 0. The van der Waals surface area contributed by atoms with E-state index in [1.54, 1.807) is 0 Å². The maximum atomic E-state index is 12.9. The van der Waals surface area contributed by atoms with Gasteiger partial charge in [-0.2, -0.15) is 0 Å². The predicted molar refractivity (Wildman–Crippen MR) is 89.0 cm³/mol. The lowest BCUT2D eigenvalue weighted by Gasteiger charge is -2.31. The largest absolute Gasteiger partial charge is 0.338 e. The topological polar surface area (TPSA) is 50.2 Å². The molecule has 5 nitrogen and oxygen atoms in total. The van der Waals surface area contributed by atoms with Crippen LogP contribution in [0.4, 0.5) is 0 Å². The fraction of sp³-hybridized carbons (Fsp3) is 0.778. The normalized spacial score (nSPS) is 33.3. The van der Waals surface area contributed by atoms with Crippen molar-refractivity contribution in [2.75, 3.05) is 6.54 Å². The molecule has 5 heteroatoms. The van der Waals surface area contributed by atoms with Crippen LogP contribution in [0.25, 0.3) is 0 Å². The van der Waals surface area contributed by atoms with Gasteiger partial charge in [-0.15, -0.1) is 0 Å². The smallest absolute Gasteiger partial charge is 0.223 e. The number of fused-ring (bicyclic) bond motifs is 2. The summed E-state index contributed by atoms with van der Waals surface area (Å²) in [6.45, 7) is 3.87. The van der Waals surface area contributed by atoms with Crippen LogP contribution in [0.2, 0.25) is 0 Å². The summed E-state index contributed by atoms with van der Waals surface area (Å²) in [4.78, 5) is 19.3.